The van der Waals surface area contributed by atoms with Gasteiger partial charge in [0.1, 0.15) is 11.5 Å². The Balaban J connectivity index is 1.63. The Bertz CT molecular complexity index is 880. The number of hydrogen-bond acceptors (Lipinski definition) is 4. The number of fused-ring (bicyclic) bond motifs is 1. The standard InChI is InChI=1S/C21H23ClN2O4/c1-21(2)20(26)24(17-12-15(22)6-9-18(17)28-21)11-10-19(25)23-13-14-4-7-16(27-3)8-5-14/h4-9,12H,10-11,13H2,1-3H3,(H,23,25). The third-order valence-corrected chi connectivity index (χ3v) is 4.78. The van der Waals surface area contributed by atoms with Crippen molar-refractivity contribution in [3.05, 3.63) is 53.1 Å². The lowest BCUT2D eigenvalue weighted by Crippen LogP contribution is -2.53. The summed E-state index contributed by atoms with van der Waals surface area (Å²) in [6.45, 7) is 4.08. The highest BCUT2D eigenvalue weighted by molar-refractivity contribution is 6.31. The third-order valence-electron chi connectivity index (χ3n) is 4.55. The maximum atomic E-state index is 12.8. The van der Waals surface area contributed by atoms with Crippen molar-refractivity contribution >= 4 is 29.1 Å². The second-order valence-corrected chi connectivity index (χ2v) is 7.49. The van der Waals surface area contributed by atoms with Crippen LogP contribution in [0.15, 0.2) is 42.5 Å². The molecule has 0 bridgehead atoms. The highest BCUT2D eigenvalue weighted by Crippen LogP contribution is 2.39. The quantitative estimate of drug-likeness (QED) is 0.802. The van der Waals surface area contributed by atoms with Crippen LogP contribution in [0.4, 0.5) is 5.69 Å². The van der Waals surface area contributed by atoms with Crippen molar-refractivity contribution in [1.29, 1.82) is 0 Å². The van der Waals surface area contributed by atoms with Crippen molar-refractivity contribution in [3.8, 4) is 11.5 Å². The Morgan fingerprint density at radius 1 is 1.21 bits per heavy atom. The predicted octanol–water partition coefficient (Wildman–Crippen LogP) is 3.56. The highest BCUT2D eigenvalue weighted by Gasteiger charge is 2.40. The zero-order chi connectivity index (χ0) is 20.3. The number of nitrogens with one attached hydrogen (secondary N) is 1. The molecule has 2 amide bonds. The molecule has 2 aromatic rings. The van der Waals surface area contributed by atoms with Gasteiger partial charge in [-0.2, -0.15) is 0 Å². The van der Waals surface area contributed by atoms with Crippen LogP contribution < -0.4 is 19.7 Å². The molecule has 0 saturated heterocycles. The number of carbonyl (C=O) groups is 2. The predicted molar refractivity (Wildman–Crippen MR) is 108 cm³/mol. The van der Waals surface area contributed by atoms with Gasteiger partial charge < -0.3 is 19.7 Å². The molecule has 0 saturated carbocycles. The van der Waals surface area contributed by atoms with E-state index in [0.717, 1.165) is 11.3 Å². The fourth-order valence-corrected chi connectivity index (χ4v) is 3.17. The molecule has 28 heavy (non-hydrogen) atoms. The van der Waals surface area contributed by atoms with Gasteiger partial charge in [-0.3, -0.25) is 9.59 Å². The van der Waals surface area contributed by atoms with Gasteiger partial charge in [-0.05, 0) is 49.7 Å². The number of carbonyl (C=O) groups excluding carboxylic acids is 2. The lowest BCUT2D eigenvalue weighted by molar-refractivity contribution is -0.132. The van der Waals surface area contributed by atoms with Gasteiger partial charge in [0.25, 0.3) is 5.91 Å². The van der Waals surface area contributed by atoms with Crippen LogP contribution >= 0.6 is 11.6 Å². The molecule has 2 aromatic carbocycles. The van der Waals surface area contributed by atoms with E-state index in [-0.39, 0.29) is 24.8 Å². The first-order chi connectivity index (χ1) is 13.3. The van der Waals surface area contributed by atoms with E-state index in [1.807, 2.05) is 24.3 Å². The summed E-state index contributed by atoms with van der Waals surface area (Å²) in [4.78, 5) is 26.7. The summed E-state index contributed by atoms with van der Waals surface area (Å²) >= 11 is 6.08. The fraction of sp³-hybridized carbons (Fsp3) is 0.333. The number of amides is 2. The minimum Gasteiger partial charge on any atom is -0.497 e. The van der Waals surface area contributed by atoms with E-state index in [1.54, 1.807) is 44.1 Å². The Labute approximate surface area is 169 Å². The monoisotopic (exact) mass is 402 g/mol. The molecule has 3 rings (SSSR count). The van der Waals surface area contributed by atoms with Crippen molar-refractivity contribution in [2.75, 3.05) is 18.6 Å². The van der Waals surface area contributed by atoms with Gasteiger partial charge in [0, 0.05) is 24.5 Å². The van der Waals surface area contributed by atoms with E-state index < -0.39 is 5.60 Å². The first-order valence-electron chi connectivity index (χ1n) is 9.00. The Kier molecular flexibility index (Phi) is 5.79. The summed E-state index contributed by atoms with van der Waals surface area (Å²) in [6, 6.07) is 12.6. The van der Waals surface area contributed by atoms with Crippen LogP contribution in [-0.4, -0.2) is 31.1 Å². The van der Waals surface area contributed by atoms with Crippen LogP contribution in [0.25, 0.3) is 0 Å². The molecular weight excluding hydrogens is 380 g/mol. The molecular formula is C21H23ClN2O4. The van der Waals surface area contributed by atoms with Gasteiger partial charge in [-0.25, -0.2) is 0 Å². The van der Waals surface area contributed by atoms with E-state index in [2.05, 4.69) is 5.32 Å². The first-order valence-corrected chi connectivity index (χ1v) is 9.38. The average Bonchev–Trinajstić information content (AvgIpc) is 2.67. The molecule has 0 unspecified atom stereocenters. The normalized spacial score (nSPS) is 14.9. The summed E-state index contributed by atoms with van der Waals surface area (Å²) < 4.78 is 10.9. The largest absolute Gasteiger partial charge is 0.497 e. The van der Waals surface area contributed by atoms with Gasteiger partial charge in [0.05, 0.1) is 12.8 Å². The Morgan fingerprint density at radius 2 is 1.93 bits per heavy atom. The average molecular weight is 403 g/mol. The molecule has 1 aliphatic heterocycles. The first kappa shape index (κ1) is 20.0. The lowest BCUT2D eigenvalue weighted by atomic mass is 10.0. The smallest absolute Gasteiger partial charge is 0.270 e. The number of rotatable bonds is 6. The topological polar surface area (TPSA) is 67.9 Å². The molecule has 1 aliphatic rings. The number of ether oxygens (including phenoxy) is 2. The number of hydrogen-bond donors (Lipinski definition) is 1. The number of halogens is 1. The number of anilines is 1. The van der Waals surface area contributed by atoms with Crippen LogP contribution in [-0.2, 0) is 16.1 Å². The van der Waals surface area contributed by atoms with E-state index in [9.17, 15) is 9.59 Å². The summed E-state index contributed by atoms with van der Waals surface area (Å²) in [6.07, 6.45) is 0.171. The van der Waals surface area contributed by atoms with Gasteiger partial charge in [-0.15, -0.1) is 0 Å². The van der Waals surface area contributed by atoms with Gasteiger partial charge in [0.2, 0.25) is 5.91 Å². The second-order valence-electron chi connectivity index (χ2n) is 7.06. The van der Waals surface area contributed by atoms with Gasteiger partial charge in [-0.1, -0.05) is 23.7 Å². The molecule has 0 aromatic heterocycles. The van der Waals surface area contributed by atoms with E-state index in [0.29, 0.717) is 23.0 Å². The maximum Gasteiger partial charge on any atom is 0.270 e. The zero-order valence-electron chi connectivity index (χ0n) is 16.1. The number of benzene rings is 2. The van der Waals surface area contributed by atoms with Gasteiger partial charge in [0.15, 0.2) is 5.60 Å². The molecule has 6 nitrogen and oxygen atoms in total. The van der Waals surface area contributed by atoms with Crippen molar-refractivity contribution in [2.45, 2.75) is 32.4 Å². The molecule has 0 spiro atoms. The summed E-state index contributed by atoms with van der Waals surface area (Å²) in [7, 11) is 1.61. The fourth-order valence-electron chi connectivity index (χ4n) is 3.01. The summed E-state index contributed by atoms with van der Waals surface area (Å²) in [5, 5.41) is 3.38. The van der Waals surface area contributed by atoms with E-state index in [4.69, 9.17) is 21.1 Å². The minimum absolute atomic E-state index is 0.142. The Morgan fingerprint density at radius 3 is 2.61 bits per heavy atom. The number of methoxy groups -OCH3 is 1. The molecule has 0 atom stereocenters. The van der Waals surface area contributed by atoms with Crippen molar-refractivity contribution in [1.82, 2.24) is 5.32 Å². The highest BCUT2D eigenvalue weighted by atomic mass is 35.5. The molecule has 0 fully saturated rings. The van der Waals surface area contributed by atoms with Crippen molar-refractivity contribution in [3.63, 3.8) is 0 Å². The van der Waals surface area contributed by atoms with Crippen molar-refractivity contribution < 1.29 is 19.1 Å². The van der Waals surface area contributed by atoms with Gasteiger partial charge >= 0.3 is 0 Å². The number of nitrogens with zero attached hydrogens (tertiary/aromatic N) is 1. The summed E-state index contributed by atoms with van der Waals surface area (Å²) in [5.41, 5.74) is 0.551. The summed E-state index contributed by atoms with van der Waals surface area (Å²) in [5.74, 6) is 0.996. The van der Waals surface area contributed by atoms with E-state index >= 15 is 0 Å². The maximum absolute atomic E-state index is 12.8. The van der Waals surface area contributed by atoms with Crippen LogP contribution in [0.3, 0.4) is 0 Å². The Hall–Kier alpha value is -2.73. The zero-order valence-corrected chi connectivity index (χ0v) is 16.9. The molecule has 148 valence electrons. The van der Waals surface area contributed by atoms with Crippen LogP contribution in [0.5, 0.6) is 11.5 Å². The second kappa shape index (κ2) is 8.10. The van der Waals surface area contributed by atoms with Crippen LogP contribution in [0, 0.1) is 0 Å². The molecule has 7 heteroatoms. The minimum atomic E-state index is -1.000. The lowest BCUT2D eigenvalue weighted by Gasteiger charge is -2.38. The molecule has 1 N–H and O–H groups in total. The van der Waals surface area contributed by atoms with Crippen LogP contribution in [0.2, 0.25) is 5.02 Å². The van der Waals surface area contributed by atoms with Crippen LogP contribution in [0.1, 0.15) is 25.8 Å². The molecule has 1 heterocycles. The molecule has 0 radical (unpaired) electrons. The van der Waals surface area contributed by atoms with E-state index in [1.165, 1.54) is 0 Å². The van der Waals surface area contributed by atoms with Crippen molar-refractivity contribution in [2.24, 2.45) is 0 Å². The third kappa shape index (κ3) is 4.39. The SMILES string of the molecule is COc1ccc(CNC(=O)CCN2C(=O)C(C)(C)Oc3ccc(Cl)cc32)cc1. The molecule has 0 aliphatic carbocycles.